The minimum absolute atomic E-state index is 0.0765. The number of nitriles is 1. The van der Waals surface area contributed by atoms with Crippen molar-refractivity contribution in [3.63, 3.8) is 0 Å². The first-order valence-electron chi connectivity index (χ1n) is 5.48. The van der Waals surface area contributed by atoms with Gasteiger partial charge in [0.15, 0.2) is 0 Å². The smallest absolute Gasteiger partial charge is 0.227 e. The Labute approximate surface area is 110 Å². The molecule has 1 aromatic carbocycles. The number of amides is 1. The quantitative estimate of drug-likeness (QED) is 0.862. The SMILES string of the molecule is CN(CC#N)C(=O)Cc1c[nH]c2cc(Cl)ccc12. The highest BCUT2D eigenvalue weighted by Gasteiger charge is 2.12. The van der Waals surface area contributed by atoms with Crippen molar-refractivity contribution in [3.8, 4) is 6.07 Å². The number of aromatic nitrogens is 1. The van der Waals surface area contributed by atoms with Crippen molar-refractivity contribution in [3.05, 3.63) is 35.0 Å². The van der Waals surface area contributed by atoms with Crippen LogP contribution < -0.4 is 0 Å². The van der Waals surface area contributed by atoms with Crippen molar-refractivity contribution in [2.24, 2.45) is 0 Å². The first kappa shape index (κ1) is 12.5. The first-order chi connectivity index (χ1) is 8.61. The van der Waals surface area contributed by atoms with Gasteiger partial charge in [-0.05, 0) is 17.7 Å². The van der Waals surface area contributed by atoms with Gasteiger partial charge in [-0.1, -0.05) is 17.7 Å². The number of H-pyrrole nitrogens is 1. The van der Waals surface area contributed by atoms with Crippen LogP contribution in [0, 0.1) is 11.3 Å². The van der Waals surface area contributed by atoms with Crippen LogP contribution in [0.2, 0.25) is 5.02 Å². The number of hydrogen-bond acceptors (Lipinski definition) is 2. The van der Waals surface area contributed by atoms with Crippen molar-refractivity contribution in [1.29, 1.82) is 5.26 Å². The monoisotopic (exact) mass is 261 g/mol. The van der Waals surface area contributed by atoms with E-state index in [4.69, 9.17) is 16.9 Å². The Morgan fingerprint density at radius 2 is 2.33 bits per heavy atom. The molecule has 0 spiro atoms. The van der Waals surface area contributed by atoms with Crippen molar-refractivity contribution >= 4 is 28.4 Å². The molecule has 0 fully saturated rings. The average Bonchev–Trinajstić information content (AvgIpc) is 2.72. The molecule has 0 unspecified atom stereocenters. The third kappa shape index (κ3) is 2.47. The number of aromatic amines is 1. The molecular weight excluding hydrogens is 250 g/mol. The number of fused-ring (bicyclic) bond motifs is 1. The highest BCUT2D eigenvalue weighted by atomic mass is 35.5. The molecule has 1 aromatic heterocycles. The molecule has 0 aliphatic carbocycles. The summed E-state index contributed by atoms with van der Waals surface area (Å²) in [6.07, 6.45) is 2.08. The molecule has 2 rings (SSSR count). The molecule has 0 saturated carbocycles. The van der Waals surface area contributed by atoms with E-state index in [1.54, 1.807) is 19.3 Å². The second-order valence-electron chi connectivity index (χ2n) is 4.09. The zero-order valence-corrected chi connectivity index (χ0v) is 10.7. The fraction of sp³-hybridized carbons (Fsp3) is 0.231. The van der Waals surface area contributed by atoms with Gasteiger partial charge in [-0.2, -0.15) is 5.26 Å². The van der Waals surface area contributed by atoms with E-state index >= 15 is 0 Å². The topological polar surface area (TPSA) is 59.9 Å². The number of hydrogen-bond donors (Lipinski definition) is 1. The third-order valence-electron chi connectivity index (χ3n) is 2.80. The lowest BCUT2D eigenvalue weighted by Crippen LogP contribution is -2.28. The molecule has 1 heterocycles. The maximum atomic E-state index is 11.8. The fourth-order valence-corrected chi connectivity index (χ4v) is 1.97. The summed E-state index contributed by atoms with van der Waals surface area (Å²) in [6, 6.07) is 7.46. The van der Waals surface area contributed by atoms with Crippen LogP contribution in [-0.4, -0.2) is 29.4 Å². The van der Waals surface area contributed by atoms with Gasteiger partial charge >= 0.3 is 0 Å². The van der Waals surface area contributed by atoms with Crippen LogP contribution in [0.5, 0.6) is 0 Å². The number of likely N-dealkylation sites (N-methyl/N-ethyl adjacent to an activating group) is 1. The maximum Gasteiger partial charge on any atom is 0.227 e. The van der Waals surface area contributed by atoms with Gasteiger partial charge in [-0.25, -0.2) is 0 Å². The Bertz CT molecular complexity index is 627. The summed E-state index contributed by atoms with van der Waals surface area (Å²) < 4.78 is 0. The molecule has 0 aliphatic rings. The Hall–Kier alpha value is -1.99. The largest absolute Gasteiger partial charge is 0.361 e. The summed E-state index contributed by atoms with van der Waals surface area (Å²) in [5.74, 6) is -0.0765. The second-order valence-corrected chi connectivity index (χ2v) is 4.52. The van der Waals surface area contributed by atoms with Crippen molar-refractivity contribution in [2.75, 3.05) is 13.6 Å². The summed E-state index contributed by atoms with van der Waals surface area (Å²) in [5.41, 5.74) is 1.82. The molecule has 0 atom stereocenters. The summed E-state index contributed by atoms with van der Waals surface area (Å²) >= 11 is 5.89. The highest BCUT2D eigenvalue weighted by molar-refractivity contribution is 6.31. The molecule has 18 heavy (non-hydrogen) atoms. The maximum absolute atomic E-state index is 11.8. The second kappa shape index (κ2) is 5.11. The highest BCUT2D eigenvalue weighted by Crippen LogP contribution is 2.22. The van der Waals surface area contributed by atoms with E-state index in [9.17, 15) is 4.79 Å². The van der Waals surface area contributed by atoms with E-state index in [0.29, 0.717) is 5.02 Å². The summed E-state index contributed by atoms with van der Waals surface area (Å²) in [4.78, 5) is 16.3. The molecule has 4 nitrogen and oxygen atoms in total. The zero-order valence-electron chi connectivity index (χ0n) is 9.90. The van der Waals surface area contributed by atoms with E-state index < -0.39 is 0 Å². The molecule has 5 heteroatoms. The Morgan fingerprint density at radius 3 is 3.06 bits per heavy atom. The van der Waals surface area contributed by atoms with Gasteiger partial charge in [0.1, 0.15) is 6.54 Å². The van der Waals surface area contributed by atoms with Crippen LogP contribution in [0.4, 0.5) is 0 Å². The van der Waals surface area contributed by atoms with Gasteiger partial charge in [0.2, 0.25) is 5.91 Å². The predicted molar refractivity (Wildman–Crippen MR) is 70.3 cm³/mol. The zero-order chi connectivity index (χ0) is 13.1. The van der Waals surface area contributed by atoms with Crippen LogP contribution in [0.1, 0.15) is 5.56 Å². The van der Waals surface area contributed by atoms with Gasteiger partial charge in [0.05, 0.1) is 12.5 Å². The lowest BCUT2D eigenvalue weighted by Gasteiger charge is -2.12. The minimum atomic E-state index is -0.0765. The van der Waals surface area contributed by atoms with Crippen LogP contribution in [-0.2, 0) is 11.2 Å². The van der Waals surface area contributed by atoms with Crippen molar-refractivity contribution in [1.82, 2.24) is 9.88 Å². The number of rotatable bonds is 3. The number of halogens is 1. The molecular formula is C13H12ClN3O. The first-order valence-corrected chi connectivity index (χ1v) is 5.86. The lowest BCUT2D eigenvalue weighted by atomic mass is 10.1. The van der Waals surface area contributed by atoms with Gasteiger partial charge in [0, 0.05) is 29.2 Å². The molecule has 2 aromatic rings. The Kier molecular flexibility index (Phi) is 3.54. The molecule has 0 bridgehead atoms. The third-order valence-corrected chi connectivity index (χ3v) is 3.04. The van der Waals surface area contributed by atoms with Gasteiger partial charge < -0.3 is 9.88 Å². The number of carbonyl (C=O) groups is 1. The summed E-state index contributed by atoms with van der Waals surface area (Å²) in [7, 11) is 1.62. The van der Waals surface area contributed by atoms with Gasteiger partial charge in [-0.15, -0.1) is 0 Å². The molecule has 0 radical (unpaired) electrons. The molecule has 1 N–H and O–H groups in total. The molecule has 92 valence electrons. The van der Waals surface area contributed by atoms with E-state index in [0.717, 1.165) is 16.5 Å². The van der Waals surface area contributed by atoms with Crippen molar-refractivity contribution < 1.29 is 4.79 Å². The predicted octanol–water partition coefficient (Wildman–Crippen LogP) is 2.35. The normalized spacial score (nSPS) is 10.3. The minimum Gasteiger partial charge on any atom is -0.361 e. The van der Waals surface area contributed by atoms with E-state index in [1.807, 2.05) is 18.2 Å². The van der Waals surface area contributed by atoms with E-state index in [1.165, 1.54) is 4.90 Å². The lowest BCUT2D eigenvalue weighted by molar-refractivity contribution is -0.128. The van der Waals surface area contributed by atoms with Crippen LogP contribution in [0.15, 0.2) is 24.4 Å². The summed E-state index contributed by atoms with van der Waals surface area (Å²) in [5, 5.41) is 10.2. The molecule has 0 aliphatic heterocycles. The van der Waals surface area contributed by atoms with E-state index in [2.05, 4.69) is 4.98 Å². The van der Waals surface area contributed by atoms with Gasteiger partial charge in [0.25, 0.3) is 0 Å². The van der Waals surface area contributed by atoms with E-state index in [-0.39, 0.29) is 18.9 Å². The Morgan fingerprint density at radius 1 is 1.56 bits per heavy atom. The summed E-state index contributed by atoms with van der Waals surface area (Å²) in [6.45, 7) is 0.104. The fourth-order valence-electron chi connectivity index (χ4n) is 1.80. The molecule has 1 amide bonds. The number of carbonyl (C=O) groups excluding carboxylic acids is 1. The average molecular weight is 262 g/mol. The number of nitrogens with zero attached hydrogens (tertiary/aromatic N) is 2. The number of benzene rings is 1. The van der Waals surface area contributed by atoms with Crippen LogP contribution in [0.3, 0.4) is 0 Å². The van der Waals surface area contributed by atoms with Crippen LogP contribution in [0.25, 0.3) is 10.9 Å². The van der Waals surface area contributed by atoms with Gasteiger partial charge in [-0.3, -0.25) is 4.79 Å². The van der Waals surface area contributed by atoms with Crippen molar-refractivity contribution in [2.45, 2.75) is 6.42 Å². The van der Waals surface area contributed by atoms with Crippen LogP contribution >= 0.6 is 11.6 Å². The molecule has 0 saturated heterocycles. The standard InChI is InChI=1S/C13H12ClN3O/c1-17(5-4-15)13(18)6-9-8-16-12-7-10(14)2-3-11(9)12/h2-3,7-8,16H,5-6H2,1H3. The Balaban J connectivity index is 2.23. The number of nitrogens with one attached hydrogen (secondary N) is 1.